The summed E-state index contributed by atoms with van der Waals surface area (Å²) < 4.78 is 40.3. The Hall–Kier alpha value is -1.49. The first-order valence-electron chi connectivity index (χ1n) is 7.63. The van der Waals surface area contributed by atoms with Gasteiger partial charge in [0, 0.05) is 16.2 Å². The van der Waals surface area contributed by atoms with Crippen LogP contribution in [0.3, 0.4) is 0 Å². The quantitative estimate of drug-likeness (QED) is 0.703. The Morgan fingerprint density at radius 2 is 1.87 bits per heavy atom. The summed E-state index contributed by atoms with van der Waals surface area (Å²) in [6.07, 6.45) is -1.12. The fourth-order valence-electron chi connectivity index (χ4n) is 3.06. The Morgan fingerprint density at radius 1 is 1.13 bits per heavy atom. The van der Waals surface area contributed by atoms with E-state index >= 15 is 0 Å². The van der Waals surface area contributed by atoms with Crippen LogP contribution in [0.1, 0.15) is 29.5 Å². The van der Waals surface area contributed by atoms with E-state index in [0.717, 1.165) is 30.9 Å². The highest BCUT2D eigenvalue weighted by atomic mass is 79.9. The number of fused-ring (bicyclic) bond motifs is 1. The molecule has 1 nitrogen and oxygen atoms in total. The number of anilines is 1. The van der Waals surface area contributed by atoms with Gasteiger partial charge < -0.3 is 5.32 Å². The molecule has 0 amide bonds. The lowest BCUT2D eigenvalue weighted by molar-refractivity contribution is -0.137. The number of nitrogens with one attached hydrogen (secondary N) is 1. The number of alkyl halides is 3. The third-order valence-electron chi connectivity index (χ3n) is 4.23. The average molecular weight is 384 g/mol. The molecule has 0 bridgehead atoms. The lowest BCUT2D eigenvalue weighted by atomic mass is 9.92. The van der Waals surface area contributed by atoms with E-state index in [1.54, 1.807) is 6.07 Å². The molecule has 0 spiro atoms. The summed E-state index contributed by atoms with van der Waals surface area (Å²) in [4.78, 5) is 0. The molecule has 2 aromatic rings. The lowest BCUT2D eigenvalue weighted by Crippen LogP contribution is -2.28. The molecule has 2 aromatic carbocycles. The minimum absolute atomic E-state index is 0.0741. The van der Waals surface area contributed by atoms with Crippen LogP contribution in [0.15, 0.2) is 46.9 Å². The van der Waals surface area contributed by atoms with Crippen LogP contribution in [-0.4, -0.2) is 6.04 Å². The third kappa shape index (κ3) is 3.89. The number of hydrogen-bond acceptors (Lipinski definition) is 1. The van der Waals surface area contributed by atoms with Gasteiger partial charge in [-0.2, -0.15) is 13.2 Å². The predicted molar refractivity (Wildman–Crippen MR) is 89.6 cm³/mol. The van der Waals surface area contributed by atoms with Crippen molar-refractivity contribution in [3.8, 4) is 0 Å². The molecule has 0 aromatic heterocycles. The van der Waals surface area contributed by atoms with Crippen molar-refractivity contribution in [2.24, 2.45) is 0 Å². The summed E-state index contributed by atoms with van der Waals surface area (Å²) in [5.41, 5.74) is 1.63. The molecule has 0 fully saturated rings. The molecule has 1 aliphatic rings. The van der Waals surface area contributed by atoms with Gasteiger partial charge in [0.05, 0.1) is 5.56 Å². The molecule has 23 heavy (non-hydrogen) atoms. The van der Waals surface area contributed by atoms with Gasteiger partial charge in [-0.25, -0.2) is 0 Å². The van der Waals surface area contributed by atoms with Crippen LogP contribution in [0.5, 0.6) is 0 Å². The van der Waals surface area contributed by atoms with Crippen LogP contribution in [0, 0.1) is 0 Å². The zero-order valence-electron chi connectivity index (χ0n) is 12.5. The average Bonchev–Trinajstić information content (AvgIpc) is 2.52. The lowest BCUT2D eigenvalue weighted by Gasteiger charge is -2.30. The monoisotopic (exact) mass is 383 g/mol. The number of halogens is 4. The largest absolute Gasteiger partial charge is 0.418 e. The third-order valence-corrected chi connectivity index (χ3v) is 4.68. The van der Waals surface area contributed by atoms with Crippen molar-refractivity contribution in [3.63, 3.8) is 0 Å². The summed E-state index contributed by atoms with van der Waals surface area (Å²) in [5, 5.41) is 3.13. The maximum Gasteiger partial charge on any atom is 0.418 e. The molecule has 1 N–H and O–H groups in total. The molecule has 1 heterocycles. The zero-order chi connectivity index (χ0) is 16.4. The molecule has 5 heteroatoms. The minimum Gasteiger partial charge on any atom is -0.382 e. The number of hydrogen-bond donors (Lipinski definition) is 1. The molecule has 122 valence electrons. The van der Waals surface area contributed by atoms with E-state index < -0.39 is 11.7 Å². The van der Waals surface area contributed by atoms with E-state index in [-0.39, 0.29) is 11.7 Å². The highest BCUT2D eigenvalue weighted by Gasteiger charge is 2.36. The first kappa shape index (κ1) is 16.4. The van der Waals surface area contributed by atoms with E-state index in [1.165, 1.54) is 5.56 Å². The smallest absolute Gasteiger partial charge is 0.382 e. The van der Waals surface area contributed by atoms with Crippen molar-refractivity contribution >= 4 is 21.6 Å². The van der Waals surface area contributed by atoms with Crippen LogP contribution in [0.2, 0.25) is 0 Å². The van der Waals surface area contributed by atoms with Crippen molar-refractivity contribution < 1.29 is 13.2 Å². The Balaban J connectivity index is 1.77. The molecule has 0 saturated carbocycles. The normalized spacial score (nSPS) is 17.5. The summed E-state index contributed by atoms with van der Waals surface area (Å²) in [6.45, 7) is 0. The summed E-state index contributed by atoms with van der Waals surface area (Å²) in [6, 6.07) is 13.0. The molecule has 1 unspecified atom stereocenters. The van der Waals surface area contributed by atoms with Gasteiger partial charge in [0.1, 0.15) is 0 Å². The van der Waals surface area contributed by atoms with Gasteiger partial charge in [0.15, 0.2) is 0 Å². The summed E-state index contributed by atoms with van der Waals surface area (Å²) in [7, 11) is 0. The maximum atomic E-state index is 13.3. The van der Waals surface area contributed by atoms with Gasteiger partial charge in [0.2, 0.25) is 0 Å². The van der Waals surface area contributed by atoms with Crippen LogP contribution < -0.4 is 5.32 Å². The molecular formula is C18H17BrF3N. The maximum absolute atomic E-state index is 13.3. The molecule has 1 aliphatic heterocycles. The predicted octanol–water partition coefficient (Wildman–Crippen LogP) is 5.83. The number of benzene rings is 2. The van der Waals surface area contributed by atoms with Crippen molar-refractivity contribution in [2.75, 3.05) is 5.32 Å². The number of aryl methyl sites for hydroxylation is 2. The van der Waals surface area contributed by atoms with Gasteiger partial charge in [-0.1, -0.05) is 46.3 Å². The Kier molecular flexibility index (Phi) is 4.67. The zero-order valence-corrected chi connectivity index (χ0v) is 14.0. The first-order valence-corrected chi connectivity index (χ1v) is 8.43. The summed E-state index contributed by atoms with van der Waals surface area (Å²) in [5.74, 6) is 0. The second-order valence-corrected chi connectivity index (χ2v) is 6.81. The molecule has 0 saturated heterocycles. The van der Waals surface area contributed by atoms with Gasteiger partial charge in [-0.3, -0.25) is 0 Å². The van der Waals surface area contributed by atoms with Gasteiger partial charge in [-0.05, 0) is 48.9 Å². The van der Waals surface area contributed by atoms with Crippen molar-refractivity contribution in [2.45, 2.75) is 37.9 Å². The highest BCUT2D eigenvalue weighted by Crippen LogP contribution is 2.41. The fourth-order valence-corrected chi connectivity index (χ4v) is 3.57. The van der Waals surface area contributed by atoms with Crippen molar-refractivity contribution in [1.82, 2.24) is 0 Å². The van der Waals surface area contributed by atoms with E-state index in [1.807, 2.05) is 18.2 Å². The fraction of sp³-hybridized carbons (Fsp3) is 0.333. The SMILES string of the molecule is FC(F)(F)c1cc(Br)cc2c1NC(CCc1ccccc1)CC2. The van der Waals surface area contributed by atoms with E-state index in [2.05, 4.69) is 33.4 Å². The Labute approximate surface area is 142 Å². The first-order chi connectivity index (χ1) is 10.9. The van der Waals surface area contributed by atoms with Gasteiger partial charge in [0.25, 0.3) is 0 Å². The Bertz CT molecular complexity index is 683. The van der Waals surface area contributed by atoms with Gasteiger partial charge >= 0.3 is 6.18 Å². The molecule has 1 atom stereocenters. The van der Waals surface area contributed by atoms with Crippen LogP contribution in [-0.2, 0) is 19.0 Å². The molecule has 0 radical (unpaired) electrons. The molecule has 3 rings (SSSR count). The van der Waals surface area contributed by atoms with E-state index in [4.69, 9.17) is 0 Å². The van der Waals surface area contributed by atoms with Crippen LogP contribution in [0.25, 0.3) is 0 Å². The van der Waals surface area contributed by atoms with E-state index in [9.17, 15) is 13.2 Å². The second-order valence-electron chi connectivity index (χ2n) is 5.89. The molecule has 0 aliphatic carbocycles. The summed E-state index contributed by atoms with van der Waals surface area (Å²) >= 11 is 3.18. The van der Waals surface area contributed by atoms with Gasteiger partial charge in [-0.15, -0.1) is 0 Å². The minimum atomic E-state index is -4.35. The van der Waals surface area contributed by atoms with Crippen molar-refractivity contribution in [3.05, 3.63) is 63.6 Å². The topological polar surface area (TPSA) is 12.0 Å². The van der Waals surface area contributed by atoms with Crippen LogP contribution >= 0.6 is 15.9 Å². The Morgan fingerprint density at radius 3 is 2.57 bits per heavy atom. The highest BCUT2D eigenvalue weighted by molar-refractivity contribution is 9.10. The second kappa shape index (κ2) is 6.56. The standard InChI is InChI=1S/C18H17BrF3N/c19-14-10-13-7-9-15(8-6-12-4-2-1-3-5-12)23-17(13)16(11-14)18(20,21)22/h1-5,10-11,15,23H,6-9H2. The van der Waals surface area contributed by atoms with Crippen molar-refractivity contribution in [1.29, 1.82) is 0 Å². The van der Waals surface area contributed by atoms with E-state index in [0.29, 0.717) is 10.9 Å². The van der Waals surface area contributed by atoms with Crippen LogP contribution in [0.4, 0.5) is 18.9 Å². The number of rotatable bonds is 3. The molecular weight excluding hydrogens is 367 g/mol.